The van der Waals surface area contributed by atoms with Crippen LogP contribution in [0.15, 0.2) is 0 Å². The van der Waals surface area contributed by atoms with Crippen molar-refractivity contribution in [3.63, 3.8) is 0 Å². The van der Waals surface area contributed by atoms with E-state index in [1.54, 1.807) is 0 Å². The second kappa shape index (κ2) is 6.00. The summed E-state index contributed by atoms with van der Waals surface area (Å²) < 4.78 is 45.4. The van der Waals surface area contributed by atoms with Gasteiger partial charge in [0.15, 0.2) is 0 Å². The van der Waals surface area contributed by atoms with Crippen LogP contribution in [-0.4, -0.2) is 30.8 Å². The topological polar surface area (TPSA) is 26.3 Å². The van der Waals surface area contributed by atoms with Crippen molar-refractivity contribution in [1.29, 1.82) is 0 Å². The van der Waals surface area contributed by atoms with E-state index in [1.807, 2.05) is 0 Å². The average molecular weight is 280 g/mol. The van der Waals surface area contributed by atoms with Gasteiger partial charge in [-0.05, 0) is 51.4 Å². The van der Waals surface area contributed by atoms with E-state index in [1.165, 1.54) is 7.11 Å². The summed E-state index contributed by atoms with van der Waals surface area (Å²) in [6.07, 6.45) is 3.13. The fourth-order valence-electron chi connectivity index (χ4n) is 3.46. The molecule has 2 rings (SSSR count). The fraction of sp³-hybridized carbons (Fsp3) is 1.00. The van der Waals surface area contributed by atoms with Crippen molar-refractivity contribution in [2.45, 2.75) is 75.0 Å². The molecule has 2 aliphatic carbocycles. The van der Waals surface area contributed by atoms with Gasteiger partial charge in [0.05, 0.1) is 0 Å². The molecule has 2 fully saturated rings. The van der Waals surface area contributed by atoms with Crippen LogP contribution < -0.4 is 0 Å². The standard InChI is InChI=1S/C13H23F2O2P/c1-17-18(16,12-6-2-4-10(14)8-12)13-7-3-5-11(15)9-13/h10-13H,2-9H2,1H3. The van der Waals surface area contributed by atoms with Crippen LogP contribution in [0.25, 0.3) is 0 Å². The second-order valence-corrected chi connectivity index (χ2v) is 8.78. The molecule has 2 nitrogen and oxygen atoms in total. The highest BCUT2D eigenvalue weighted by atomic mass is 31.2. The predicted octanol–water partition coefficient (Wildman–Crippen LogP) is 4.47. The van der Waals surface area contributed by atoms with Crippen LogP contribution in [-0.2, 0) is 9.09 Å². The Kier molecular flexibility index (Phi) is 4.82. The van der Waals surface area contributed by atoms with Gasteiger partial charge in [-0.1, -0.05) is 0 Å². The third-order valence-electron chi connectivity index (χ3n) is 4.47. The molecule has 0 N–H and O–H groups in total. The Morgan fingerprint density at radius 1 is 0.944 bits per heavy atom. The summed E-state index contributed by atoms with van der Waals surface area (Å²) in [5.41, 5.74) is -0.386. The van der Waals surface area contributed by atoms with Gasteiger partial charge in [0, 0.05) is 18.4 Å². The minimum absolute atomic E-state index is 0.193. The van der Waals surface area contributed by atoms with Crippen LogP contribution in [0.1, 0.15) is 51.4 Å². The molecule has 0 saturated heterocycles. The van der Waals surface area contributed by atoms with Gasteiger partial charge < -0.3 is 4.52 Å². The van der Waals surface area contributed by atoms with Crippen LogP contribution in [0.5, 0.6) is 0 Å². The van der Waals surface area contributed by atoms with Crippen molar-refractivity contribution in [2.75, 3.05) is 7.11 Å². The summed E-state index contributed by atoms with van der Waals surface area (Å²) in [6, 6.07) is 0. The molecule has 0 aromatic rings. The Labute approximate surface area is 108 Å². The lowest BCUT2D eigenvalue weighted by Crippen LogP contribution is -2.30. The highest BCUT2D eigenvalue weighted by Crippen LogP contribution is 2.63. The van der Waals surface area contributed by atoms with Crippen molar-refractivity contribution in [1.82, 2.24) is 0 Å². The zero-order valence-electron chi connectivity index (χ0n) is 11.0. The fourth-order valence-corrected chi connectivity index (χ4v) is 6.78. The number of rotatable bonds is 3. The van der Waals surface area contributed by atoms with Gasteiger partial charge in [-0.15, -0.1) is 0 Å². The van der Waals surface area contributed by atoms with Crippen LogP contribution in [0.4, 0.5) is 8.78 Å². The monoisotopic (exact) mass is 280 g/mol. The molecule has 0 amide bonds. The Balaban J connectivity index is 2.10. The molecule has 0 aliphatic heterocycles. The van der Waals surface area contributed by atoms with E-state index in [2.05, 4.69) is 0 Å². The summed E-state index contributed by atoms with van der Waals surface area (Å²) in [7, 11) is -1.46. The largest absolute Gasteiger partial charge is 0.331 e. The van der Waals surface area contributed by atoms with E-state index in [-0.39, 0.29) is 11.3 Å². The SMILES string of the molecule is COP(=O)(C1CCCC(F)C1)C1CCCC(F)C1. The minimum Gasteiger partial charge on any atom is -0.331 e. The number of halogens is 2. The van der Waals surface area contributed by atoms with Gasteiger partial charge in [0.2, 0.25) is 7.37 Å². The quantitative estimate of drug-likeness (QED) is 0.713. The van der Waals surface area contributed by atoms with Gasteiger partial charge in [0.25, 0.3) is 0 Å². The van der Waals surface area contributed by atoms with E-state index >= 15 is 0 Å². The zero-order valence-corrected chi connectivity index (χ0v) is 11.9. The minimum atomic E-state index is -2.91. The molecule has 0 radical (unpaired) electrons. The lowest BCUT2D eigenvalue weighted by molar-refractivity contribution is 0.225. The molecule has 4 atom stereocenters. The van der Waals surface area contributed by atoms with Crippen molar-refractivity contribution in [3.8, 4) is 0 Å². The molecular weight excluding hydrogens is 257 g/mol. The smallest absolute Gasteiger partial charge is 0.209 e. The molecule has 2 saturated carbocycles. The summed E-state index contributed by atoms with van der Waals surface area (Å²) in [6.45, 7) is 0. The van der Waals surface area contributed by atoms with Gasteiger partial charge in [-0.2, -0.15) is 0 Å². The Bertz CT molecular complexity index is 298. The van der Waals surface area contributed by atoms with E-state index in [4.69, 9.17) is 4.52 Å². The Morgan fingerprint density at radius 3 is 1.72 bits per heavy atom. The van der Waals surface area contributed by atoms with Crippen LogP contribution in [0.2, 0.25) is 0 Å². The van der Waals surface area contributed by atoms with Crippen molar-refractivity contribution in [3.05, 3.63) is 0 Å². The van der Waals surface area contributed by atoms with Crippen LogP contribution in [0.3, 0.4) is 0 Å². The van der Waals surface area contributed by atoms with Gasteiger partial charge in [0.1, 0.15) is 12.3 Å². The average Bonchev–Trinajstić information content (AvgIpc) is 2.38. The molecule has 0 aromatic heterocycles. The van der Waals surface area contributed by atoms with Gasteiger partial charge in [-0.25, -0.2) is 8.78 Å². The maximum Gasteiger partial charge on any atom is 0.209 e. The van der Waals surface area contributed by atoms with Crippen molar-refractivity contribution in [2.24, 2.45) is 0 Å². The second-order valence-electron chi connectivity index (χ2n) is 5.66. The molecule has 5 heteroatoms. The Morgan fingerprint density at radius 2 is 1.39 bits per heavy atom. The highest BCUT2D eigenvalue weighted by Gasteiger charge is 2.44. The molecule has 0 heterocycles. The lowest BCUT2D eigenvalue weighted by atomic mass is 9.98. The molecule has 18 heavy (non-hydrogen) atoms. The third kappa shape index (κ3) is 2.96. The van der Waals surface area contributed by atoms with Crippen molar-refractivity contribution < 1.29 is 17.9 Å². The molecule has 0 spiro atoms. The first-order valence-corrected chi connectivity index (χ1v) is 8.76. The summed E-state index contributed by atoms with van der Waals surface area (Å²) in [5.74, 6) is 0. The first-order valence-electron chi connectivity index (χ1n) is 6.99. The number of hydrogen-bond donors (Lipinski definition) is 0. The molecule has 106 valence electrons. The molecule has 0 bridgehead atoms. The normalized spacial score (nSPS) is 41.3. The Hall–Kier alpha value is 0.0500. The summed E-state index contributed by atoms with van der Waals surface area (Å²) in [5, 5.41) is 0. The lowest BCUT2D eigenvalue weighted by Gasteiger charge is -2.38. The van der Waals surface area contributed by atoms with Crippen molar-refractivity contribution >= 4 is 7.37 Å². The van der Waals surface area contributed by atoms with Crippen LogP contribution in [0, 0.1) is 0 Å². The third-order valence-corrected chi connectivity index (χ3v) is 8.01. The molecular formula is C13H23F2O2P. The maximum atomic E-state index is 13.5. The first kappa shape index (κ1) is 14.5. The van der Waals surface area contributed by atoms with Gasteiger partial charge in [-0.3, -0.25) is 4.57 Å². The zero-order chi connectivity index (χ0) is 13.2. The van der Waals surface area contributed by atoms with E-state index < -0.39 is 19.7 Å². The predicted molar refractivity (Wildman–Crippen MR) is 68.9 cm³/mol. The molecule has 0 aromatic carbocycles. The van der Waals surface area contributed by atoms with E-state index in [9.17, 15) is 13.3 Å². The molecule has 4 unspecified atom stereocenters. The summed E-state index contributed by atoms with van der Waals surface area (Å²) >= 11 is 0. The van der Waals surface area contributed by atoms with Crippen LogP contribution >= 0.6 is 7.37 Å². The maximum absolute atomic E-state index is 13.5. The van der Waals surface area contributed by atoms with E-state index in [0.717, 1.165) is 25.7 Å². The number of alkyl halides is 2. The molecule has 2 aliphatic rings. The number of hydrogen-bond acceptors (Lipinski definition) is 2. The van der Waals surface area contributed by atoms with E-state index in [0.29, 0.717) is 25.7 Å². The van der Waals surface area contributed by atoms with Gasteiger partial charge >= 0.3 is 0 Å². The summed E-state index contributed by atoms with van der Waals surface area (Å²) in [4.78, 5) is 0. The first-order chi connectivity index (χ1) is 8.56. The highest BCUT2D eigenvalue weighted by molar-refractivity contribution is 7.60.